The lowest BCUT2D eigenvalue weighted by atomic mass is 10.1. The number of hydrogen-bond acceptors (Lipinski definition) is 2. The van der Waals surface area contributed by atoms with Gasteiger partial charge in [-0.25, -0.2) is 4.39 Å². The fourth-order valence-corrected chi connectivity index (χ4v) is 2.25. The van der Waals surface area contributed by atoms with Gasteiger partial charge in [-0.3, -0.25) is 4.68 Å². The molecule has 2 rings (SSSR count). The van der Waals surface area contributed by atoms with Crippen LogP contribution in [0.1, 0.15) is 30.7 Å². The molecule has 0 aliphatic carbocycles. The molecule has 0 aliphatic rings. The normalized spacial score (nSPS) is 12.6. The summed E-state index contributed by atoms with van der Waals surface area (Å²) in [6.07, 6.45) is 2.11. The third kappa shape index (κ3) is 3.14. The molecule has 102 valence electrons. The minimum atomic E-state index is -0.742. The van der Waals surface area contributed by atoms with Gasteiger partial charge in [-0.15, -0.1) is 0 Å². The van der Waals surface area contributed by atoms with Gasteiger partial charge in [0.15, 0.2) is 0 Å². The second-order valence-corrected chi connectivity index (χ2v) is 4.79. The van der Waals surface area contributed by atoms with Crippen LogP contribution < -0.4 is 0 Å². The van der Waals surface area contributed by atoms with Crippen LogP contribution >= 0.6 is 11.6 Å². The van der Waals surface area contributed by atoms with Crippen LogP contribution in [0, 0.1) is 5.82 Å². The number of hydrogen-bond donors (Lipinski definition) is 1. The Morgan fingerprint density at radius 1 is 1.42 bits per heavy atom. The topological polar surface area (TPSA) is 38.0 Å². The van der Waals surface area contributed by atoms with E-state index < -0.39 is 11.9 Å². The van der Waals surface area contributed by atoms with Crippen molar-refractivity contribution in [2.45, 2.75) is 32.4 Å². The predicted molar refractivity (Wildman–Crippen MR) is 72.6 cm³/mol. The highest BCUT2D eigenvalue weighted by molar-refractivity contribution is 6.31. The molecule has 1 unspecified atom stereocenters. The SMILES string of the molecule is CCCn1nccc1C(O)Cc1cccc(F)c1Cl. The first-order valence-corrected chi connectivity index (χ1v) is 6.64. The standard InChI is InChI=1S/C14H16ClFN2O/c1-2-8-18-12(6-7-17-18)13(19)9-10-4-3-5-11(16)14(10)15/h3-7,13,19H,2,8-9H2,1H3. The molecule has 0 spiro atoms. The number of rotatable bonds is 5. The molecule has 0 bridgehead atoms. The van der Waals surface area contributed by atoms with Crippen molar-refractivity contribution in [3.8, 4) is 0 Å². The lowest BCUT2D eigenvalue weighted by Crippen LogP contribution is -2.11. The summed E-state index contributed by atoms with van der Waals surface area (Å²) in [4.78, 5) is 0. The van der Waals surface area contributed by atoms with Crippen LogP contribution in [0.15, 0.2) is 30.5 Å². The zero-order chi connectivity index (χ0) is 13.8. The van der Waals surface area contributed by atoms with Gasteiger partial charge < -0.3 is 5.11 Å². The smallest absolute Gasteiger partial charge is 0.142 e. The van der Waals surface area contributed by atoms with E-state index in [0.29, 0.717) is 5.56 Å². The van der Waals surface area contributed by atoms with Crippen molar-refractivity contribution in [2.75, 3.05) is 0 Å². The van der Waals surface area contributed by atoms with E-state index in [-0.39, 0.29) is 11.4 Å². The molecule has 0 saturated heterocycles. The van der Waals surface area contributed by atoms with Gasteiger partial charge in [0.25, 0.3) is 0 Å². The first-order valence-electron chi connectivity index (χ1n) is 6.26. The number of aliphatic hydroxyl groups is 1. The molecule has 0 radical (unpaired) electrons. The van der Waals surface area contributed by atoms with Crippen LogP contribution in [0.25, 0.3) is 0 Å². The van der Waals surface area contributed by atoms with E-state index in [1.165, 1.54) is 6.07 Å². The summed E-state index contributed by atoms with van der Waals surface area (Å²) < 4.78 is 15.1. The van der Waals surface area contributed by atoms with Crippen molar-refractivity contribution in [3.05, 3.63) is 52.6 Å². The van der Waals surface area contributed by atoms with Crippen molar-refractivity contribution in [1.29, 1.82) is 0 Å². The van der Waals surface area contributed by atoms with Crippen molar-refractivity contribution in [1.82, 2.24) is 9.78 Å². The summed E-state index contributed by atoms with van der Waals surface area (Å²) in [5, 5.41) is 14.5. The van der Waals surface area contributed by atoms with E-state index >= 15 is 0 Å². The summed E-state index contributed by atoms with van der Waals surface area (Å²) in [5.74, 6) is -0.464. The van der Waals surface area contributed by atoms with Crippen LogP contribution in [0.2, 0.25) is 5.02 Å². The molecule has 1 aromatic carbocycles. The second kappa shape index (κ2) is 6.17. The Morgan fingerprint density at radius 2 is 2.21 bits per heavy atom. The van der Waals surface area contributed by atoms with Gasteiger partial charge >= 0.3 is 0 Å². The van der Waals surface area contributed by atoms with E-state index in [4.69, 9.17) is 11.6 Å². The molecular weight excluding hydrogens is 267 g/mol. The average molecular weight is 283 g/mol. The molecule has 1 heterocycles. The molecular formula is C14H16ClFN2O. The number of benzene rings is 1. The predicted octanol–water partition coefficient (Wildman–Crippen LogP) is 3.36. The number of aromatic nitrogens is 2. The van der Waals surface area contributed by atoms with Gasteiger partial charge in [0, 0.05) is 19.2 Å². The molecule has 1 atom stereocenters. The minimum absolute atomic E-state index is 0.0723. The highest BCUT2D eigenvalue weighted by Gasteiger charge is 2.16. The van der Waals surface area contributed by atoms with Crippen molar-refractivity contribution >= 4 is 11.6 Å². The zero-order valence-corrected chi connectivity index (χ0v) is 11.4. The maximum absolute atomic E-state index is 13.3. The molecule has 5 heteroatoms. The lowest BCUT2D eigenvalue weighted by molar-refractivity contribution is 0.166. The Balaban J connectivity index is 2.18. The number of aryl methyl sites for hydroxylation is 1. The van der Waals surface area contributed by atoms with Crippen molar-refractivity contribution in [3.63, 3.8) is 0 Å². The third-order valence-corrected chi connectivity index (χ3v) is 3.39. The largest absolute Gasteiger partial charge is 0.386 e. The maximum Gasteiger partial charge on any atom is 0.142 e. The number of halogens is 2. The quantitative estimate of drug-likeness (QED) is 0.913. The Morgan fingerprint density at radius 3 is 2.95 bits per heavy atom. The Labute approximate surface area is 116 Å². The first-order chi connectivity index (χ1) is 9.13. The molecule has 0 aliphatic heterocycles. The van der Waals surface area contributed by atoms with E-state index in [1.807, 2.05) is 6.92 Å². The average Bonchev–Trinajstić information content (AvgIpc) is 2.84. The molecule has 1 aromatic heterocycles. The highest BCUT2D eigenvalue weighted by atomic mass is 35.5. The molecule has 0 amide bonds. The summed E-state index contributed by atoms with van der Waals surface area (Å²) in [6.45, 7) is 2.79. The number of aliphatic hydroxyl groups excluding tert-OH is 1. The summed E-state index contributed by atoms with van der Waals surface area (Å²) in [7, 11) is 0. The van der Waals surface area contributed by atoms with Gasteiger partial charge in [0.05, 0.1) is 16.8 Å². The van der Waals surface area contributed by atoms with Gasteiger partial charge in [-0.1, -0.05) is 30.7 Å². The molecule has 19 heavy (non-hydrogen) atoms. The van der Waals surface area contributed by atoms with E-state index in [0.717, 1.165) is 18.7 Å². The zero-order valence-electron chi connectivity index (χ0n) is 10.7. The monoisotopic (exact) mass is 282 g/mol. The van der Waals surface area contributed by atoms with E-state index in [1.54, 1.807) is 29.1 Å². The van der Waals surface area contributed by atoms with Crippen molar-refractivity contribution < 1.29 is 9.50 Å². The fourth-order valence-electron chi connectivity index (χ4n) is 2.04. The van der Waals surface area contributed by atoms with Crippen LogP contribution in [0.5, 0.6) is 0 Å². The van der Waals surface area contributed by atoms with Gasteiger partial charge in [-0.05, 0) is 24.1 Å². The third-order valence-electron chi connectivity index (χ3n) is 2.97. The first kappa shape index (κ1) is 14.0. The van der Waals surface area contributed by atoms with Crippen LogP contribution in [-0.4, -0.2) is 14.9 Å². The van der Waals surface area contributed by atoms with Crippen molar-refractivity contribution in [2.24, 2.45) is 0 Å². The lowest BCUT2D eigenvalue weighted by Gasteiger charge is -2.14. The highest BCUT2D eigenvalue weighted by Crippen LogP contribution is 2.25. The summed E-state index contributed by atoms with van der Waals surface area (Å²) in [5.41, 5.74) is 1.32. The molecule has 0 fully saturated rings. The second-order valence-electron chi connectivity index (χ2n) is 4.41. The molecule has 3 nitrogen and oxygen atoms in total. The summed E-state index contributed by atoms with van der Waals surface area (Å²) >= 11 is 5.89. The fraction of sp³-hybridized carbons (Fsp3) is 0.357. The molecule has 1 N–H and O–H groups in total. The Kier molecular flexibility index (Phi) is 4.56. The van der Waals surface area contributed by atoms with Gasteiger partial charge in [0.2, 0.25) is 0 Å². The van der Waals surface area contributed by atoms with E-state index in [2.05, 4.69) is 5.10 Å². The van der Waals surface area contributed by atoms with E-state index in [9.17, 15) is 9.50 Å². The Hall–Kier alpha value is -1.39. The van der Waals surface area contributed by atoms with Crippen LogP contribution in [-0.2, 0) is 13.0 Å². The molecule has 2 aromatic rings. The van der Waals surface area contributed by atoms with Gasteiger partial charge in [-0.2, -0.15) is 5.10 Å². The Bertz CT molecular complexity index is 556. The number of nitrogens with zero attached hydrogens (tertiary/aromatic N) is 2. The van der Waals surface area contributed by atoms with Crippen LogP contribution in [0.4, 0.5) is 4.39 Å². The molecule has 0 saturated carbocycles. The van der Waals surface area contributed by atoms with Crippen LogP contribution in [0.3, 0.4) is 0 Å². The minimum Gasteiger partial charge on any atom is -0.386 e. The summed E-state index contributed by atoms with van der Waals surface area (Å²) in [6, 6.07) is 6.38. The van der Waals surface area contributed by atoms with Gasteiger partial charge in [0.1, 0.15) is 5.82 Å². The maximum atomic E-state index is 13.3.